The Morgan fingerprint density at radius 2 is 1.50 bits per heavy atom. The molecule has 0 amide bonds. The average Bonchev–Trinajstić information content (AvgIpc) is 2.37. The quantitative estimate of drug-likeness (QED) is 0.933. The lowest BCUT2D eigenvalue weighted by atomic mass is 10.1. The number of sulfonamides is 1. The number of rotatable bonds is 4. The number of hydrogen-bond donors (Lipinski definition) is 1. The Kier molecular flexibility index (Phi) is 4.14. The zero-order valence-electron chi connectivity index (χ0n) is 12.0. The van der Waals surface area contributed by atoms with Crippen molar-refractivity contribution in [2.24, 2.45) is 0 Å². The molecule has 0 heterocycles. The molecule has 0 bridgehead atoms. The normalized spacial score (nSPS) is 11.3. The van der Waals surface area contributed by atoms with Crippen molar-refractivity contribution in [1.82, 2.24) is 0 Å². The molecule has 2 rings (SSSR count). The van der Waals surface area contributed by atoms with E-state index in [0.717, 1.165) is 23.1 Å². The van der Waals surface area contributed by atoms with E-state index in [1.165, 1.54) is 0 Å². The molecule has 106 valence electrons. The van der Waals surface area contributed by atoms with Crippen molar-refractivity contribution in [3.63, 3.8) is 0 Å². The average molecular weight is 289 g/mol. The van der Waals surface area contributed by atoms with Crippen molar-refractivity contribution < 1.29 is 8.42 Å². The Hall–Kier alpha value is -1.81. The van der Waals surface area contributed by atoms with Gasteiger partial charge < -0.3 is 0 Å². The van der Waals surface area contributed by atoms with Crippen molar-refractivity contribution >= 4 is 15.7 Å². The van der Waals surface area contributed by atoms with Gasteiger partial charge in [0.05, 0.1) is 4.90 Å². The Balaban J connectivity index is 2.30. The van der Waals surface area contributed by atoms with E-state index in [1.54, 1.807) is 12.1 Å². The molecule has 1 N–H and O–H groups in total. The van der Waals surface area contributed by atoms with Gasteiger partial charge in [0.2, 0.25) is 0 Å². The molecule has 2 aromatic rings. The van der Waals surface area contributed by atoms with Gasteiger partial charge in [-0.25, -0.2) is 8.42 Å². The Bertz CT molecular complexity index is 684. The Morgan fingerprint density at radius 3 is 2.00 bits per heavy atom. The van der Waals surface area contributed by atoms with Crippen LogP contribution in [0.1, 0.15) is 23.6 Å². The second kappa shape index (κ2) is 5.67. The van der Waals surface area contributed by atoms with Gasteiger partial charge in [0.15, 0.2) is 0 Å². The summed E-state index contributed by atoms with van der Waals surface area (Å²) in [6.45, 7) is 5.93. The number of anilines is 1. The maximum Gasteiger partial charge on any atom is 0.261 e. The van der Waals surface area contributed by atoms with Gasteiger partial charge in [-0.1, -0.05) is 25.1 Å². The number of aryl methyl sites for hydroxylation is 3. The zero-order chi connectivity index (χ0) is 14.8. The van der Waals surface area contributed by atoms with Gasteiger partial charge in [-0.2, -0.15) is 0 Å². The lowest BCUT2D eigenvalue weighted by molar-refractivity contribution is 0.601. The molecular formula is C16H19NO2S. The van der Waals surface area contributed by atoms with E-state index in [1.807, 2.05) is 51.1 Å². The molecule has 2 aromatic carbocycles. The van der Waals surface area contributed by atoms with Crippen molar-refractivity contribution in [3.05, 3.63) is 59.2 Å². The standard InChI is InChI=1S/C16H19NO2S/c1-4-14-5-7-16(8-6-14)20(18,19)17-15-10-12(2)9-13(3)11-15/h5-11,17H,4H2,1-3H3. The summed E-state index contributed by atoms with van der Waals surface area (Å²) in [6.07, 6.45) is 0.894. The molecule has 20 heavy (non-hydrogen) atoms. The zero-order valence-corrected chi connectivity index (χ0v) is 12.8. The van der Waals surface area contributed by atoms with Crippen LogP contribution in [-0.2, 0) is 16.4 Å². The first-order valence-corrected chi connectivity index (χ1v) is 8.09. The van der Waals surface area contributed by atoms with Gasteiger partial charge in [-0.3, -0.25) is 4.72 Å². The molecule has 0 saturated heterocycles. The molecule has 0 saturated carbocycles. The summed E-state index contributed by atoms with van der Waals surface area (Å²) >= 11 is 0. The van der Waals surface area contributed by atoms with Crippen LogP contribution in [0.25, 0.3) is 0 Å². The van der Waals surface area contributed by atoms with Crippen LogP contribution >= 0.6 is 0 Å². The summed E-state index contributed by atoms with van der Waals surface area (Å²) in [5.74, 6) is 0. The van der Waals surface area contributed by atoms with E-state index in [4.69, 9.17) is 0 Å². The molecule has 0 radical (unpaired) electrons. The molecule has 0 unspecified atom stereocenters. The Morgan fingerprint density at radius 1 is 0.950 bits per heavy atom. The van der Waals surface area contributed by atoms with E-state index < -0.39 is 10.0 Å². The maximum atomic E-state index is 12.3. The van der Waals surface area contributed by atoms with Crippen LogP contribution in [0.5, 0.6) is 0 Å². The third-order valence-corrected chi connectivity index (χ3v) is 4.51. The van der Waals surface area contributed by atoms with Crippen molar-refractivity contribution in [1.29, 1.82) is 0 Å². The minimum atomic E-state index is -3.52. The van der Waals surface area contributed by atoms with Crippen LogP contribution in [0, 0.1) is 13.8 Å². The Labute approximate surface area is 120 Å². The molecule has 0 aliphatic heterocycles. The molecule has 0 aromatic heterocycles. The lowest BCUT2D eigenvalue weighted by Gasteiger charge is -2.10. The smallest absolute Gasteiger partial charge is 0.261 e. The van der Waals surface area contributed by atoms with Gasteiger partial charge in [0.1, 0.15) is 0 Å². The fourth-order valence-corrected chi connectivity index (χ4v) is 3.19. The summed E-state index contributed by atoms with van der Waals surface area (Å²) in [5, 5.41) is 0. The van der Waals surface area contributed by atoms with Gasteiger partial charge in [0, 0.05) is 5.69 Å². The largest absolute Gasteiger partial charge is 0.280 e. The van der Waals surface area contributed by atoms with Gasteiger partial charge in [-0.05, 0) is 61.2 Å². The first-order chi connectivity index (χ1) is 9.40. The van der Waals surface area contributed by atoms with Crippen LogP contribution in [0.15, 0.2) is 47.4 Å². The van der Waals surface area contributed by atoms with E-state index in [0.29, 0.717) is 5.69 Å². The number of nitrogens with one attached hydrogen (secondary N) is 1. The lowest BCUT2D eigenvalue weighted by Crippen LogP contribution is -2.13. The minimum Gasteiger partial charge on any atom is -0.280 e. The predicted molar refractivity (Wildman–Crippen MR) is 82.5 cm³/mol. The van der Waals surface area contributed by atoms with Crippen molar-refractivity contribution in [2.45, 2.75) is 32.1 Å². The van der Waals surface area contributed by atoms with E-state index in [9.17, 15) is 8.42 Å². The topological polar surface area (TPSA) is 46.2 Å². The fraction of sp³-hybridized carbons (Fsp3) is 0.250. The van der Waals surface area contributed by atoms with E-state index in [2.05, 4.69) is 4.72 Å². The molecule has 0 spiro atoms. The SMILES string of the molecule is CCc1ccc(S(=O)(=O)Nc2cc(C)cc(C)c2)cc1. The van der Waals surface area contributed by atoms with Crippen LogP contribution in [0.2, 0.25) is 0 Å². The van der Waals surface area contributed by atoms with Crippen LogP contribution in [-0.4, -0.2) is 8.42 Å². The maximum absolute atomic E-state index is 12.3. The summed E-state index contributed by atoms with van der Waals surface area (Å²) in [4.78, 5) is 0.286. The van der Waals surface area contributed by atoms with Crippen LogP contribution in [0.3, 0.4) is 0 Å². The highest BCUT2D eigenvalue weighted by Gasteiger charge is 2.14. The third kappa shape index (κ3) is 3.39. The highest BCUT2D eigenvalue weighted by molar-refractivity contribution is 7.92. The van der Waals surface area contributed by atoms with E-state index >= 15 is 0 Å². The number of benzene rings is 2. The highest BCUT2D eigenvalue weighted by atomic mass is 32.2. The summed E-state index contributed by atoms with van der Waals surface area (Å²) in [6, 6.07) is 12.6. The molecule has 0 fully saturated rings. The van der Waals surface area contributed by atoms with Crippen LogP contribution in [0.4, 0.5) is 5.69 Å². The fourth-order valence-electron chi connectivity index (χ4n) is 2.15. The van der Waals surface area contributed by atoms with Crippen LogP contribution < -0.4 is 4.72 Å². The molecule has 4 heteroatoms. The minimum absolute atomic E-state index is 0.286. The van der Waals surface area contributed by atoms with Gasteiger partial charge >= 0.3 is 0 Å². The monoisotopic (exact) mass is 289 g/mol. The summed E-state index contributed by atoms with van der Waals surface area (Å²) in [7, 11) is -3.52. The third-order valence-electron chi connectivity index (χ3n) is 3.12. The second-order valence-corrected chi connectivity index (χ2v) is 6.66. The first kappa shape index (κ1) is 14.6. The summed E-state index contributed by atoms with van der Waals surface area (Å²) in [5.41, 5.74) is 3.78. The van der Waals surface area contributed by atoms with Gasteiger partial charge in [-0.15, -0.1) is 0 Å². The molecule has 3 nitrogen and oxygen atoms in total. The highest BCUT2D eigenvalue weighted by Crippen LogP contribution is 2.19. The van der Waals surface area contributed by atoms with Crippen molar-refractivity contribution in [2.75, 3.05) is 4.72 Å². The first-order valence-electron chi connectivity index (χ1n) is 6.61. The summed E-state index contributed by atoms with van der Waals surface area (Å²) < 4.78 is 27.3. The van der Waals surface area contributed by atoms with Crippen molar-refractivity contribution in [3.8, 4) is 0 Å². The predicted octanol–water partition coefficient (Wildman–Crippen LogP) is 3.67. The number of hydrogen-bond acceptors (Lipinski definition) is 2. The molecule has 0 aliphatic carbocycles. The molecule has 0 aliphatic rings. The molecule has 0 atom stereocenters. The van der Waals surface area contributed by atoms with Gasteiger partial charge in [0.25, 0.3) is 10.0 Å². The van der Waals surface area contributed by atoms with E-state index in [-0.39, 0.29) is 4.90 Å². The molecular weight excluding hydrogens is 270 g/mol. The second-order valence-electron chi connectivity index (χ2n) is 4.98.